The van der Waals surface area contributed by atoms with E-state index in [0.717, 1.165) is 11.1 Å². The van der Waals surface area contributed by atoms with Crippen molar-refractivity contribution in [1.82, 2.24) is 20.3 Å². The van der Waals surface area contributed by atoms with Gasteiger partial charge in [-0.25, -0.2) is 4.98 Å². The molecule has 0 unspecified atom stereocenters. The molecule has 31 heavy (non-hydrogen) atoms. The van der Waals surface area contributed by atoms with Crippen molar-refractivity contribution in [3.05, 3.63) is 99.2 Å². The number of hydrogen-bond donors (Lipinski definition) is 2. The topological polar surface area (TPSA) is 97.0 Å². The van der Waals surface area contributed by atoms with Crippen LogP contribution in [0, 0.1) is 6.92 Å². The lowest BCUT2D eigenvalue weighted by Gasteiger charge is -2.09. The minimum absolute atomic E-state index is 0.227. The van der Waals surface area contributed by atoms with Gasteiger partial charge in [0.15, 0.2) is 0 Å². The Morgan fingerprint density at radius 2 is 1.94 bits per heavy atom. The summed E-state index contributed by atoms with van der Waals surface area (Å²) in [6, 6.07) is 15.1. The number of aromatic amines is 1. The molecular formula is C23H20N4O3S. The zero-order chi connectivity index (χ0) is 21.6. The van der Waals surface area contributed by atoms with E-state index in [0.29, 0.717) is 33.4 Å². The molecule has 1 amide bonds. The third-order valence-corrected chi connectivity index (χ3v) is 5.73. The Morgan fingerprint density at radius 1 is 1.13 bits per heavy atom. The van der Waals surface area contributed by atoms with E-state index >= 15 is 0 Å². The van der Waals surface area contributed by atoms with Gasteiger partial charge >= 0.3 is 0 Å². The number of H-pyrrole nitrogens is 1. The molecular weight excluding hydrogens is 412 g/mol. The average molecular weight is 433 g/mol. The molecule has 0 bridgehead atoms. The molecule has 0 atom stereocenters. The van der Waals surface area contributed by atoms with Crippen LogP contribution in [0.5, 0.6) is 5.75 Å². The highest BCUT2D eigenvalue weighted by molar-refractivity contribution is 7.17. The first-order valence-corrected chi connectivity index (χ1v) is 10.5. The third-order valence-electron chi connectivity index (χ3n) is 4.55. The molecule has 0 spiro atoms. The van der Waals surface area contributed by atoms with Crippen molar-refractivity contribution in [3.8, 4) is 16.3 Å². The second-order valence-electron chi connectivity index (χ2n) is 6.80. The van der Waals surface area contributed by atoms with E-state index in [9.17, 15) is 9.59 Å². The molecule has 7 nitrogen and oxygen atoms in total. The van der Waals surface area contributed by atoms with Crippen molar-refractivity contribution in [2.45, 2.75) is 20.1 Å². The molecule has 4 rings (SSSR count). The summed E-state index contributed by atoms with van der Waals surface area (Å²) in [5.41, 5.74) is 2.43. The number of nitrogens with zero attached hydrogens (tertiary/aromatic N) is 2. The molecule has 156 valence electrons. The van der Waals surface area contributed by atoms with Gasteiger partial charge in [0.1, 0.15) is 27.8 Å². The van der Waals surface area contributed by atoms with Crippen molar-refractivity contribution in [3.63, 3.8) is 0 Å². The normalized spacial score (nSPS) is 10.6. The number of aryl methyl sites for hydroxylation is 1. The lowest BCUT2D eigenvalue weighted by molar-refractivity contribution is 0.0954. The first kappa shape index (κ1) is 20.5. The van der Waals surface area contributed by atoms with Crippen molar-refractivity contribution in [1.29, 1.82) is 0 Å². The summed E-state index contributed by atoms with van der Waals surface area (Å²) >= 11 is 1.17. The van der Waals surface area contributed by atoms with Gasteiger partial charge < -0.3 is 15.0 Å². The van der Waals surface area contributed by atoms with Gasteiger partial charge in [-0.05, 0) is 24.6 Å². The van der Waals surface area contributed by atoms with Crippen LogP contribution in [0.1, 0.15) is 26.5 Å². The van der Waals surface area contributed by atoms with Gasteiger partial charge in [-0.3, -0.25) is 14.6 Å². The van der Waals surface area contributed by atoms with Crippen molar-refractivity contribution >= 4 is 17.2 Å². The molecule has 0 fully saturated rings. The maximum absolute atomic E-state index is 12.7. The Bertz CT molecular complexity index is 1240. The maximum Gasteiger partial charge on any atom is 0.263 e. The van der Waals surface area contributed by atoms with Crippen LogP contribution >= 0.6 is 11.3 Å². The predicted octanol–water partition coefficient (Wildman–Crippen LogP) is 3.71. The fourth-order valence-electron chi connectivity index (χ4n) is 3.00. The number of benzene rings is 1. The van der Waals surface area contributed by atoms with E-state index in [1.54, 1.807) is 25.4 Å². The van der Waals surface area contributed by atoms with Crippen LogP contribution in [-0.4, -0.2) is 20.9 Å². The standard InChI is InChI=1S/C23H20N4O3S/c1-15-20(22(29)26-13-16-6-3-2-4-7-16)31-23(27-15)19-18(9-11-25-21(19)28)30-14-17-8-5-10-24-12-17/h2-12H,13-14H2,1H3,(H,25,28)(H,26,29). The molecule has 0 aliphatic carbocycles. The number of thiazole rings is 1. The van der Waals surface area contributed by atoms with E-state index in [1.165, 1.54) is 17.5 Å². The minimum atomic E-state index is -0.325. The average Bonchev–Trinajstić information content (AvgIpc) is 3.18. The molecule has 0 radical (unpaired) electrons. The lowest BCUT2D eigenvalue weighted by Crippen LogP contribution is -2.22. The fraction of sp³-hybridized carbons (Fsp3) is 0.130. The molecule has 8 heteroatoms. The summed E-state index contributed by atoms with van der Waals surface area (Å²) in [6.45, 7) is 2.43. The zero-order valence-corrected chi connectivity index (χ0v) is 17.6. The van der Waals surface area contributed by atoms with E-state index in [1.807, 2.05) is 42.5 Å². The number of hydrogen-bond acceptors (Lipinski definition) is 6. The van der Waals surface area contributed by atoms with Crippen LogP contribution in [-0.2, 0) is 13.2 Å². The largest absolute Gasteiger partial charge is 0.488 e. The Hall–Kier alpha value is -3.78. The first-order valence-electron chi connectivity index (χ1n) is 9.65. The molecule has 3 heterocycles. The number of carbonyl (C=O) groups is 1. The Morgan fingerprint density at radius 3 is 2.71 bits per heavy atom. The predicted molar refractivity (Wildman–Crippen MR) is 119 cm³/mol. The number of amides is 1. The third kappa shape index (κ3) is 4.87. The van der Waals surface area contributed by atoms with Crippen molar-refractivity contribution in [2.24, 2.45) is 0 Å². The van der Waals surface area contributed by atoms with E-state index in [-0.39, 0.29) is 18.1 Å². The van der Waals surface area contributed by atoms with Gasteiger partial charge in [-0.15, -0.1) is 11.3 Å². The Balaban J connectivity index is 1.56. The number of nitrogens with one attached hydrogen (secondary N) is 2. The van der Waals surface area contributed by atoms with E-state index in [2.05, 4.69) is 20.3 Å². The lowest BCUT2D eigenvalue weighted by atomic mass is 10.2. The molecule has 0 aliphatic heterocycles. The van der Waals surface area contributed by atoms with Crippen LogP contribution in [0.2, 0.25) is 0 Å². The summed E-state index contributed by atoms with van der Waals surface area (Å²) in [6.07, 6.45) is 4.92. The molecule has 0 saturated carbocycles. The SMILES string of the molecule is Cc1nc(-c2c(OCc3cccnc3)cc[nH]c2=O)sc1C(=O)NCc1ccccc1. The minimum Gasteiger partial charge on any atom is -0.488 e. The van der Waals surface area contributed by atoms with Crippen LogP contribution in [0.15, 0.2) is 71.9 Å². The van der Waals surface area contributed by atoms with Crippen LogP contribution < -0.4 is 15.6 Å². The van der Waals surface area contributed by atoms with Crippen LogP contribution in [0.4, 0.5) is 0 Å². The highest BCUT2D eigenvalue weighted by Crippen LogP contribution is 2.32. The highest BCUT2D eigenvalue weighted by atomic mass is 32.1. The summed E-state index contributed by atoms with van der Waals surface area (Å²) in [4.78, 5) is 36.9. The van der Waals surface area contributed by atoms with E-state index in [4.69, 9.17) is 4.74 Å². The van der Waals surface area contributed by atoms with Gasteiger partial charge in [0.2, 0.25) is 0 Å². The maximum atomic E-state index is 12.7. The summed E-state index contributed by atoms with van der Waals surface area (Å²) < 4.78 is 5.88. The summed E-state index contributed by atoms with van der Waals surface area (Å²) in [5.74, 6) is 0.174. The fourth-order valence-corrected chi connectivity index (χ4v) is 4.03. The number of carbonyl (C=O) groups excluding carboxylic acids is 1. The van der Waals surface area contributed by atoms with Gasteiger partial charge in [0, 0.05) is 30.7 Å². The smallest absolute Gasteiger partial charge is 0.263 e. The second kappa shape index (κ2) is 9.36. The molecule has 0 aliphatic rings. The molecule has 2 N–H and O–H groups in total. The Kier molecular flexibility index (Phi) is 6.18. The Labute approximate surface area is 182 Å². The highest BCUT2D eigenvalue weighted by Gasteiger charge is 2.20. The number of ether oxygens (including phenoxy) is 1. The molecule has 4 aromatic rings. The summed E-state index contributed by atoms with van der Waals surface area (Å²) in [5, 5.41) is 3.34. The summed E-state index contributed by atoms with van der Waals surface area (Å²) in [7, 11) is 0. The molecule has 0 saturated heterocycles. The number of aromatic nitrogens is 3. The second-order valence-corrected chi connectivity index (χ2v) is 7.80. The van der Waals surface area contributed by atoms with Gasteiger partial charge in [-0.2, -0.15) is 0 Å². The molecule has 3 aromatic heterocycles. The quantitative estimate of drug-likeness (QED) is 0.464. The van der Waals surface area contributed by atoms with E-state index < -0.39 is 0 Å². The van der Waals surface area contributed by atoms with Crippen molar-refractivity contribution < 1.29 is 9.53 Å². The number of rotatable bonds is 7. The van der Waals surface area contributed by atoms with Crippen molar-refractivity contribution in [2.75, 3.05) is 0 Å². The monoisotopic (exact) mass is 432 g/mol. The number of pyridine rings is 2. The van der Waals surface area contributed by atoms with Gasteiger partial charge in [0.05, 0.1) is 5.69 Å². The van der Waals surface area contributed by atoms with Crippen LogP contribution in [0.25, 0.3) is 10.6 Å². The van der Waals surface area contributed by atoms with Crippen LogP contribution in [0.3, 0.4) is 0 Å². The first-order chi connectivity index (χ1) is 15.1. The zero-order valence-electron chi connectivity index (χ0n) is 16.8. The molecule has 1 aromatic carbocycles. The van der Waals surface area contributed by atoms with Gasteiger partial charge in [-0.1, -0.05) is 36.4 Å². The van der Waals surface area contributed by atoms with Gasteiger partial charge in [0.25, 0.3) is 11.5 Å².